The van der Waals surface area contributed by atoms with Crippen LogP contribution in [-0.2, 0) is 19.4 Å². The standard InChI is InChI=1S/C22H28FN3O5S2/c1-14-10-17(33(29,30)16-6-8-31-9-7-16)12-20(27)26(14)18(11-15-4-2-3-5-15)21(28)25-22-24-13-19(23)32-22/h10,12-13,15-16,18H,2-9,11H2,1H3,(H,24,25,28). The van der Waals surface area contributed by atoms with Crippen LogP contribution in [0.25, 0.3) is 0 Å². The Morgan fingerprint density at radius 3 is 2.58 bits per heavy atom. The van der Waals surface area contributed by atoms with Crippen molar-refractivity contribution in [1.29, 1.82) is 0 Å². The van der Waals surface area contributed by atoms with E-state index >= 15 is 0 Å². The molecule has 2 aliphatic rings. The van der Waals surface area contributed by atoms with Crippen molar-refractivity contribution in [2.45, 2.75) is 68.1 Å². The van der Waals surface area contributed by atoms with Crippen LogP contribution in [0.2, 0.25) is 0 Å². The summed E-state index contributed by atoms with van der Waals surface area (Å²) in [4.78, 5) is 30.2. The van der Waals surface area contributed by atoms with Gasteiger partial charge in [-0.15, -0.1) is 0 Å². The smallest absolute Gasteiger partial charge is 0.252 e. The van der Waals surface area contributed by atoms with Gasteiger partial charge in [-0.25, -0.2) is 13.4 Å². The number of anilines is 1. The summed E-state index contributed by atoms with van der Waals surface area (Å²) in [5.74, 6) is -0.174. The highest BCUT2D eigenvalue weighted by Gasteiger charge is 2.33. The highest BCUT2D eigenvalue weighted by atomic mass is 32.2. The maximum absolute atomic E-state index is 13.4. The number of nitrogens with zero attached hydrogens (tertiary/aromatic N) is 2. The molecule has 1 saturated carbocycles. The summed E-state index contributed by atoms with van der Waals surface area (Å²) in [5.41, 5.74) is -0.138. The third-order valence-corrected chi connectivity index (χ3v) is 9.47. The number of hydrogen-bond acceptors (Lipinski definition) is 7. The number of pyridine rings is 1. The van der Waals surface area contributed by atoms with Crippen molar-refractivity contribution in [2.24, 2.45) is 5.92 Å². The van der Waals surface area contributed by atoms with E-state index in [2.05, 4.69) is 10.3 Å². The van der Waals surface area contributed by atoms with Crippen molar-refractivity contribution < 1.29 is 22.3 Å². The molecule has 0 radical (unpaired) electrons. The van der Waals surface area contributed by atoms with Gasteiger partial charge >= 0.3 is 0 Å². The number of rotatable bonds is 7. The molecule has 1 aliphatic heterocycles. The minimum absolute atomic E-state index is 0.0184. The van der Waals surface area contributed by atoms with E-state index in [-0.39, 0.29) is 15.9 Å². The lowest BCUT2D eigenvalue weighted by atomic mass is 9.97. The van der Waals surface area contributed by atoms with Crippen molar-refractivity contribution >= 4 is 32.2 Å². The van der Waals surface area contributed by atoms with E-state index in [1.807, 2.05) is 0 Å². The molecule has 0 aromatic carbocycles. The molecule has 8 nitrogen and oxygen atoms in total. The molecular formula is C22H28FN3O5S2. The Labute approximate surface area is 196 Å². The first-order chi connectivity index (χ1) is 15.8. The Hall–Kier alpha value is -2.11. The summed E-state index contributed by atoms with van der Waals surface area (Å²) in [5, 5.41) is 1.64. The van der Waals surface area contributed by atoms with Gasteiger partial charge in [0.15, 0.2) is 20.1 Å². The lowest BCUT2D eigenvalue weighted by Gasteiger charge is -2.25. The van der Waals surface area contributed by atoms with Crippen LogP contribution in [0.3, 0.4) is 0 Å². The molecule has 4 rings (SSSR count). The van der Waals surface area contributed by atoms with Crippen LogP contribution in [0.4, 0.5) is 9.52 Å². The Balaban J connectivity index is 1.67. The quantitative estimate of drug-likeness (QED) is 0.628. The second-order valence-corrected chi connectivity index (χ2v) is 12.0. The van der Waals surface area contributed by atoms with E-state index in [1.165, 1.54) is 10.6 Å². The second kappa shape index (κ2) is 10.0. The molecule has 1 saturated heterocycles. The van der Waals surface area contributed by atoms with Crippen LogP contribution >= 0.6 is 11.3 Å². The number of amides is 1. The molecular weight excluding hydrogens is 469 g/mol. The summed E-state index contributed by atoms with van der Waals surface area (Å²) in [6.45, 7) is 2.39. The molecule has 2 aromatic rings. The second-order valence-electron chi connectivity index (χ2n) is 8.76. The number of hydrogen-bond donors (Lipinski definition) is 1. The van der Waals surface area contributed by atoms with Gasteiger partial charge in [0.1, 0.15) is 6.04 Å². The number of thiazole rings is 1. The summed E-state index contributed by atoms with van der Waals surface area (Å²) in [7, 11) is -3.68. The van der Waals surface area contributed by atoms with Crippen LogP contribution in [0.5, 0.6) is 0 Å². The third-order valence-electron chi connectivity index (χ3n) is 6.52. The van der Waals surface area contributed by atoms with E-state index in [1.54, 1.807) is 6.92 Å². The molecule has 180 valence electrons. The molecule has 1 unspecified atom stereocenters. The highest BCUT2D eigenvalue weighted by Crippen LogP contribution is 2.33. The summed E-state index contributed by atoms with van der Waals surface area (Å²) < 4.78 is 46.2. The van der Waals surface area contributed by atoms with Crippen LogP contribution in [-0.4, -0.2) is 42.3 Å². The molecule has 1 amide bonds. The largest absolute Gasteiger partial charge is 0.381 e. The maximum atomic E-state index is 13.4. The van der Waals surface area contributed by atoms with Gasteiger partial charge < -0.3 is 14.6 Å². The summed E-state index contributed by atoms with van der Waals surface area (Å²) in [6.07, 6.45) is 6.36. The Bertz CT molecular complexity index is 1160. The molecule has 33 heavy (non-hydrogen) atoms. The normalized spacial score (nSPS) is 19.0. The number of aryl methyl sites for hydroxylation is 1. The van der Waals surface area contributed by atoms with E-state index < -0.39 is 37.7 Å². The monoisotopic (exact) mass is 497 g/mol. The minimum Gasteiger partial charge on any atom is -0.381 e. The lowest BCUT2D eigenvalue weighted by molar-refractivity contribution is -0.119. The summed E-state index contributed by atoms with van der Waals surface area (Å²) in [6, 6.07) is 1.76. The molecule has 1 atom stereocenters. The number of halogens is 1. The molecule has 1 aliphatic carbocycles. The number of ether oxygens (including phenoxy) is 1. The van der Waals surface area contributed by atoms with Crippen molar-refractivity contribution in [3.63, 3.8) is 0 Å². The van der Waals surface area contributed by atoms with Gasteiger partial charge in [-0.1, -0.05) is 37.0 Å². The maximum Gasteiger partial charge on any atom is 0.252 e. The Kier molecular flexibility index (Phi) is 7.30. The average molecular weight is 498 g/mol. The Morgan fingerprint density at radius 2 is 1.97 bits per heavy atom. The fourth-order valence-corrected chi connectivity index (χ4v) is 7.16. The van der Waals surface area contributed by atoms with Gasteiger partial charge in [0.05, 0.1) is 16.3 Å². The number of nitrogens with one attached hydrogen (secondary N) is 1. The third kappa shape index (κ3) is 5.36. The topological polar surface area (TPSA) is 107 Å². The van der Waals surface area contributed by atoms with Crippen LogP contribution < -0.4 is 10.9 Å². The van der Waals surface area contributed by atoms with Crippen molar-refractivity contribution in [3.8, 4) is 0 Å². The molecule has 11 heteroatoms. The van der Waals surface area contributed by atoms with Gasteiger partial charge in [0, 0.05) is 25.0 Å². The predicted octanol–water partition coefficient (Wildman–Crippen LogP) is 3.47. The van der Waals surface area contributed by atoms with Crippen molar-refractivity contribution in [3.05, 3.63) is 39.5 Å². The van der Waals surface area contributed by atoms with E-state index in [4.69, 9.17) is 4.74 Å². The first-order valence-electron chi connectivity index (χ1n) is 11.2. The van der Waals surface area contributed by atoms with Gasteiger partial charge in [0.2, 0.25) is 5.91 Å². The van der Waals surface area contributed by atoms with Gasteiger partial charge in [0.25, 0.3) is 5.56 Å². The van der Waals surface area contributed by atoms with E-state index in [0.29, 0.717) is 49.5 Å². The van der Waals surface area contributed by atoms with Crippen LogP contribution in [0.1, 0.15) is 56.7 Å². The first-order valence-corrected chi connectivity index (χ1v) is 13.6. The van der Waals surface area contributed by atoms with Crippen molar-refractivity contribution in [1.82, 2.24) is 9.55 Å². The van der Waals surface area contributed by atoms with Gasteiger partial charge in [-0.2, -0.15) is 4.39 Å². The molecule has 1 N–H and O–H groups in total. The lowest BCUT2D eigenvalue weighted by Crippen LogP contribution is -2.36. The SMILES string of the molecule is Cc1cc(S(=O)(=O)C2CCOCC2)cc(=O)n1C(CC1CCCC1)C(=O)Nc1ncc(F)s1. The minimum atomic E-state index is -3.68. The predicted molar refractivity (Wildman–Crippen MR) is 123 cm³/mol. The molecule has 2 fully saturated rings. The fraction of sp³-hybridized carbons (Fsp3) is 0.591. The number of sulfone groups is 1. The van der Waals surface area contributed by atoms with Crippen LogP contribution in [0, 0.1) is 18.0 Å². The number of carbonyl (C=O) groups excluding carboxylic acids is 1. The highest BCUT2D eigenvalue weighted by molar-refractivity contribution is 7.92. The number of carbonyl (C=O) groups is 1. The van der Waals surface area contributed by atoms with Crippen LogP contribution in [0.15, 0.2) is 28.0 Å². The van der Waals surface area contributed by atoms with Crippen molar-refractivity contribution in [2.75, 3.05) is 18.5 Å². The van der Waals surface area contributed by atoms with Gasteiger partial charge in [-0.05, 0) is 38.2 Å². The zero-order chi connectivity index (χ0) is 23.6. The summed E-state index contributed by atoms with van der Waals surface area (Å²) >= 11 is 0.715. The zero-order valence-corrected chi connectivity index (χ0v) is 20.1. The molecule has 0 spiro atoms. The van der Waals surface area contributed by atoms with E-state index in [9.17, 15) is 22.4 Å². The molecule has 3 heterocycles. The number of aromatic nitrogens is 2. The van der Waals surface area contributed by atoms with E-state index in [0.717, 1.165) is 37.9 Å². The zero-order valence-electron chi connectivity index (χ0n) is 18.5. The fourth-order valence-electron chi connectivity index (χ4n) is 4.82. The average Bonchev–Trinajstić information content (AvgIpc) is 3.44. The molecule has 2 aromatic heterocycles. The van der Waals surface area contributed by atoms with Gasteiger partial charge in [-0.3, -0.25) is 9.59 Å². The Morgan fingerprint density at radius 1 is 1.27 bits per heavy atom. The first kappa shape index (κ1) is 24.0. The molecule has 0 bridgehead atoms.